The van der Waals surface area contributed by atoms with E-state index in [0.29, 0.717) is 17.9 Å². The van der Waals surface area contributed by atoms with Crippen molar-refractivity contribution < 1.29 is 9.90 Å². The molecule has 1 aromatic carbocycles. The van der Waals surface area contributed by atoms with Crippen LogP contribution < -0.4 is 0 Å². The number of aliphatic hydroxyl groups is 1. The standard InChI is InChI=1S/C19H24N2O2/c22-17-5-4-13-10-21(16-11-20-8-6-12(16)7-9-20)19(23)15-3-1-2-14(17)18(13)15/h1-3,12-13,16-17,22H,4-11H2/t13?,16-,17?/m1/s1. The number of piperidine rings is 3. The normalized spacial score (nSPS) is 38.6. The van der Waals surface area contributed by atoms with E-state index in [9.17, 15) is 9.90 Å². The predicted molar refractivity (Wildman–Crippen MR) is 87.4 cm³/mol. The molecule has 3 fully saturated rings. The van der Waals surface area contributed by atoms with Gasteiger partial charge in [0.1, 0.15) is 0 Å². The number of hydrogen-bond donors (Lipinski definition) is 1. The van der Waals surface area contributed by atoms with Gasteiger partial charge in [-0.3, -0.25) is 4.79 Å². The monoisotopic (exact) mass is 312 g/mol. The van der Waals surface area contributed by atoms with Crippen LogP contribution in [0.15, 0.2) is 18.2 Å². The molecule has 0 aromatic heterocycles. The van der Waals surface area contributed by atoms with Crippen LogP contribution in [0.2, 0.25) is 0 Å². The Morgan fingerprint density at radius 1 is 1.04 bits per heavy atom. The van der Waals surface area contributed by atoms with Gasteiger partial charge in [-0.1, -0.05) is 12.1 Å². The molecule has 2 unspecified atom stereocenters. The number of carbonyl (C=O) groups excluding carboxylic acids is 1. The van der Waals surface area contributed by atoms with Gasteiger partial charge in [0.15, 0.2) is 0 Å². The van der Waals surface area contributed by atoms with E-state index in [0.717, 1.165) is 42.6 Å². The third-order valence-corrected chi connectivity index (χ3v) is 6.63. The van der Waals surface area contributed by atoms with Gasteiger partial charge in [-0.05, 0) is 61.9 Å². The maximum atomic E-state index is 13.2. The SMILES string of the molecule is O=C1c2cccc3c2C(CCC3O)CN1[C@@H]1CN2CCC1CC2. The highest BCUT2D eigenvalue weighted by Gasteiger charge is 2.44. The topological polar surface area (TPSA) is 43.8 Å². The molecule has 3 saturated heterocycles. The van der Waals surface area contributed by atoms with Crippen molar-refractivity contribution in [3.8, 4) is 0 Å². The van der Waals surface area contributed by atoms with Crippen molar-refractivity contribution in [1.29, 1.82) is 0 Å². The Balaban J connectivity index is 1.53. The quantitative estimate of drug-likeness (QED) is 0.864. The molecule has 1 amide bonds. The number of nitrogens with zero attached hydrogens (tertiary/aromatic N) is 2. The lowest BCUT2D eigenvalue weighted by atomic mass is 9.74. The molecule has 5 aliphatic rings. The summed E-state index contributed by atoms with van der Waals surface area (Å²) in [5.74, 6) is 1.30. The van der Waals surface area contributed by atoms with Crippen molar-refractivity contribution in [2.75, 3.05) is 26.2 Å². The molecular formula is C19H24N2O2. The highest BCUT2D eigenvalue weighted by molar-refractivity contribution is 5.98. The Kier molecular flexibility index (Phi) is 3.07. The molecule has 4 nitrogen and oxygen atoms in total. The van der Waals surface area contributed by atoms with Gasteiger partial charge in [-0.25, -0.2) is 0 Å². The Morgan fingerprint density at radius 3 is 2.61 bits per heavy atom. The molecule has 4 aliphatic heterocycles. The van der Waals surface area contributed by atoms with Crippen LogP contribution in [0.3, 0.4) is 0 Å². The van der Waals surface area contributed by atoms with E-state index in [1.807, 2.05) is 18.2 Å². The number of amides is 1. The summed E-state index contributed by atoms with van der Waals surface area (Å²) in [5, 5.41) is 10.3. The van der Waals surface area contributed by atoms with Crippen LogP contribution in [0.25, 0.3) is 0 Å². The van der Waals surface area contributed by atoms with E-state index in [1.165, 1.54) is 25.9 Å². The lowest BCUT2D eigenvalue weighted by Gasteiger charge is -2.51. The average Bonchev–Trinajstić information content (AvgIpc) is 2.61. The second-order valence-corrected chi connectivity index (χ2v) is 7.76. The van der Waals surface area contributed by atoms with E-state index in [1.54, 1.807) is 0 Å². The summed E-state index contributed by atoms with van der Waals surface area (Å²) in [5.41, 5.74) is 3.00. The lowest BCUT2D eigenvalue weighted by molar-refractivity contribution is 0.00143. The summed E-state index contributed by atoms with van der Waals surface area (Å²) in [7, 11) is 0. The minimum Gasteiger partial charge on any atom is -0.388 e. The van der Waals surface area contributed by atoms with Gasteiger partial charge in [-0.2, -0.15) is 0 Å². The number of fused-ring (bicyclic) bond motifs is 3. The first-order chi connectivity index (χ1) is 11.2. The Bertz CT molecular complexity index is 651. The fourth-order valence-corrected chi connectivity index (χ4v) is 5.41. The fraction of sp³-hybridized carbons (Fsp3) is 0.632. The molecule has 1 aliphatic carbocycles. The number of aliphatic hydroxyl groups excluding tert-OH is 1. The van der Waals surface area contributed by atoms with Crippen molar-refractivity contribution >= 4 is 5.91 Å². The van der Waals surface area contributed by atoms with Crippen LogP contribution >= 0.6 is 0 Å². The second kappa shape index (κ2) is 5.05. The first kappa shape index (κ1) is 14.0. The average molecular weight is 312 g/mol. The highest BCUT2D eigenvalue weighted by Crippen LogP contribution is 2.44. The van der Waals surface area contributed by atoms with Gasteiger partial charge >= 0.3 is 0 Å². The van der Waals surface area contributed by atoms with Crippen molar-refractivity contribution in [2.45, 2.75) is 43.7 Å². The molecule has 1 aromatic rings. The van der Waals surface area contributed by atoms with Crippen LogP contribution in [0, 0.1) is 5.92 Å². The Hall–Kier alpha value is -1.39. The number of rotatable bonds is 1. The lowest BCUT2D eigenvalue weighted by Crippen LogP contribution is -2.60. The van der Waals surface area contributed by atoms with Crippen molar-refractivity contribution in [3.63, 3.8) is 0 Å². The molecule has 0 spiro atoms. The van der Waals surface area contributed by atoms with Crippen LogP contribution in [-0.2, 0) is 0 Å². The van der Waals surface area contributed by atoms with E-state index in [4.69, 9.17) is 0 Å². The van der Waals surface area contributed by atoms with Gasteiger partial charge in [0, 0.05) is 30.6 Å². The largest absolute Gasteiger partial charge is 0.388 e. The smallest absolute Gasteiger partial charge is 0.254 e. The van der Waals surface area contributed by atoms with E-state index < -0.39 is 6.10 Å². The van der Waals surface area contributed by atoms with Crippen LogP contribution in [0.1, 0.15) is 59.2 Å². The van der Waals surface area contributed by atoms with E-state index >= 15 is 0 Å². The molecule has 1 N–H and O–H groups in total. The summed E-state index contributed by atoms with van der Waals surface area (Å²) >= 11 is 0. The zero-order chi connectivity index (χ0) is 15.6. The van der Waals surface area contributed by atoms with Crippen molar-refractivity contribution in [2.24, 2.45) is 5.92 Å². The molecule has 23 heavy (non-hydrogen) atoms. The maximum Gasteiger partial charge on any atom is 0.254 e. The first-order valence-electron chi connectivity index (χ1n) is 9.06. The fourth-order valence-electron chi connectivity index (χ4n) is 5.41. The molecule has 4 heteroatoms. The molecule has 3 atom stereocenters. The first-order valence-corrected chi connectivity index (χ1v) is 9.06. The highest BCUT2D eigenvalue weighted by atomic mass is 16.3. The minimum absolute atomic E-state index is 0.200. The van der Waals surface area contributed by atoms with Crippen LogP contribution in [0.4, 0.5) is 0 Å². The third-order valence-electron chi connectivity index (χ3n) is 6.63. The van der Waals surface area contributed by atoms with E-state index in [-0.39, 0.29) is 5.91 Å². The summed E-state index contributed by atoms with van der Waals surface area (Å²) in [4.78, 5) is 17.9. The zero-order valence-corrected chi connectivity index (χ0v) is 13.4. The number of carbonyl (C=O) groups is 1. The van der Waals surface area contributed by atoms with Gasteiger partial charge < -0.3 is 14.9 Å². The van der Waals surface area contributed by atoms with Gasteiger partial charge in [-0.15, -0.1) is 0 Å². The van der Waals surface area contributed by atoms with Crippen molar-refractivity contribution in [1.82, 2.24) is 9.80 Å². The molecule has 6 rings (SSSR count). The molecule has 2 bridgehead atoms. The summed E-state index contributed by atoms with van der Waals surface area (Å²) in [6.07, 6.45) is 3.91. The number of hydrogen-bond acceptors (Lipinski definition) is 3. The molecule has 4 heterocycles. The molecule has 0 saturated carbocycles. The predicted octanol–water partition coefficient (Wildman–Crippen LogP) is 2.15. The van der Waals surface area contributed by atoms with Gasteiger partial charge in [0.05, 0.1) is 6.10 Å². The third kappa shape index (κ3) is 2.01. The Labute approximate surface area is 137 Å². The second-order valence-electron chi connectivity index (χ2n) is 7.76. The van der Waals surface area contributed by atoms with Crippen LogP contribution in [0.5, 0.6) is 0 Å². The van der Waals surface area contributed by atoms with Gasteiger partial charge in [0.25, 0.3) is 5.91 Å². The van der Waals surface area contributed by atoms with Crippen LogP contribution in [-0.4, -0.2) is 53.0 Å². The van der Waals surface area contributed by atoms with Crippen molar-refractivity contribution in [3.05, 3.63) is 34.9 Å². The summed E-state index contributed by atoms with van der Waals surface area (Å²) in [6.45, 7) is 4.32. The minimum atomic E-state index is -0.391. The number of benzene rings is 1. The maximum absolute atomic E-state index is 13.2. The molecule has 0 radical (unpaired) electrons. The summed E-state index contributed by atoms with van der Waals surface area (Å²) < 4.78 is 0. The van der Waals surface area contributed by atoms with Gasteiger partial charge in [0.2, 0.25) is 0 Å². The molecular weight excluding hydrogens is 288 g/mol. The Morgan fingerprint density at radius 2 is 1.87 bits per heavy atom. The molecule has 122 valence electrons. The zero-order valence-electron chi connectivity index (χ0n) is 13.4. The van der Waals surface area contributed by atoms with E-state index in [2.05, 4.69) is 9.80 Å². The summed E-state index contributed by atoms with van der Waals surface area (Å²) in [6, 6.07) is 6.32.